The Bertz CT molecular complexity index is 1200. The number of hydrogen-bond acceptors (Lipinski definition) is 5. The van der Waals surface area contributed by atoms with E-state index in [9.17, 15) is 18.0 Å². The maximum atomic E-state index is 13.1. The molecule has 2 aromatic carbocycles. The largest absolute Gasteiger partial charge is 0.417 e. The molecule has 1 aliphatic rings. The summed E-state index contributed by atoms with van der Waals surface area (Å²) in [4.78, 5) is 26.4. The lowest BCUT2D eigenvalue weighted by molar-refractivity contribution is -0.126. The minimum absolute atomic E-state index is 0.0443. The van der Waals surface area contributed by atoms with Crippen LogP contribution >= 0.6 is 0 Å². The molecule has 0 bridgehead atoms. The summed E-state index contributed by atoms with van der Waals surface area (Å²) in [6, 6.07) is 14.1. The third kappa shape index (κ3) is 4.31. The van der Waals surface area contributed by atoms with E-state index in [2.05, 4.69) is 10.3 Å². The van der Waals surface area contributed by atoms with Gasteiger partial charge in [0.25, 0.3) is 0 Å². The third-order valence-electron chi connectivity index (χ3n) is 5.34. The highest BCUT2D eigenvalue weighted by Gasteiger charge is 2.33. The highest BCUT2D eigenvalue weighted by Crippen LogP contribution is 2.25. The fourth-order valence-corrected chi connectivity index (χ4v) is 5.27. The minimum atomic E-state index is -3.80. The Kier molecular flexibility index (Phi) is 5.74. The Labute approximate surface area is 173 Å². The lowest BCUT2D eigenvalue weighted by atomic mass is 9.99. The van der Waals surface area contributed by atoms with Crippen molar-refractivity contribution in [1.29, 1.82) is 0 Å². The number of hydrogen-bond donors (Lipinski definition) is 2. The van der Waals surface area contributed by atoms with E-state index in [1.807, 2.05) is 30.3 Å². The number of carbonyl (C=O) groups excluding carboxylic acids is 1. The fourth-order valence-electron chi connectivity index (χ4n) is 3.73. The number of fused-ring (bicyclic) bond motifs is 1. The second-order valence-corrected chi connectivity index (χ2v) is 9.34. The predicted molar refractivity (Wildman–Crippen MR) is 111 cm³/mol. The zero-order chi connectivity index (χ0) is 21.1. The van der Waals surface area contributed by atoms with Gasteiger partial charge < -0.3 is 9.73 Å². The standard InChI is InChI=1S/C21H23N3O5S/c25-20(22-11-10-15-5-2-1-3-6-15)16-7-4-12-24(14-16)30(27,28)17-8-9-18-19(13-17)29-21(26)23-18/h1-3,5-6,8-9,13,16H,4,7,10-12,14H2,(H,22,25)(H,23,26)/t16-/m1/s1. The quantitative estimate of drug-likeness (QED) is 0.621. The Balaban J connectivity index is 1.41. The fraction of sp³-hybridized carbons (Fsp3) is 0.333. The van der Waals surface area contributed by atoms with E-state index in [-0.39, 0.29) is 22.9 Å². The summed E-state index contributed by atoms with van der Waals surface area (Å²) < 4.78 is 32.4. The van der Waals surface area contributed by atoms with Gasteiger partial charge in [0, 0.05) is 25.7 Å². The molecule has 8 nitrogen and oxygen atoms in total. The molecule has 30 heavy (non-hydrogen) atoms. The van der Waals surface area contributed by atoms with E-state index in [1.165, 1.54) is 22.5 Å². The summed E-state index contributed by atoms with van der Waals surface area (Å²) in [5, 5.41) is 2.93. The number of oxazole rings is 1. The minimum Gasteiger partial charge on any atom is -0.408 e. The van der Waals surface area contributed by atoms with Crippen molar-refractivity contribution in [3.63, 3.8) is 0 Å². The van der Waals surface area contributed by atoms with Crippen LogP contribution in [0, 0.1) is 5.92 Å². The van der Waals surface area contributed by atoms with Crippen molar-refractivity contribution in [3.05, 3.63) is 64.6 Å². The molecule has 1 fully saturated rings. The summed E-state index contributed by atoms with van der Waals surface area (Å²) in [6.07, 6.45) is 1.98. The highest BCUT2D eigenvalue weighted by molar-refractivity contribution is 7.89. The zero-order valence-corrected chi connectivity index (χ0v) is 17.2. The van der Waals surface area contributed by atoms with Gasteiger partial charge in [0.1, 0.15) is 0 Å². The first-order valence-corrected chi connectivity index (χ1v) is 11.3. The molecule has 2 N–H and O–H groups in total. The first-order valence-electron chi connectivity index (χ1n) is 9.88. The van der Waals surface area contributed by atoms with E-state index >= 15 is 0 Å². The Morgan fingerprint density at radius 2 is 2.00 bits per heavy atom. The highest BCUT2D eigenvalue weighted by atomic mass is 32.2. The van der Waals surface area contributed by atoms with Crippen LogP contribution in [0.1, 0.15) is 18.4 Å². The summed E-state index contributed by atoms with van der Waals surface area (Å²) in [7, 11) is -3.80. The number of aromatic nitrogens is 1. The zero-order valence-electron chi connectivity index (χ0n) is 16.3. The van der Waals surface area contributed by atoms with Gasteiger partial charge in [-0.2, -0.15) is 4.31 Å². The van der Waals surface area contributed by atoms with Gasteiger partial charge in [-0.15, -0.1) is 0 Å². The first-order chi connectivity index (χ1) is 14.4. The number of piperidine rings is 1. The van der Waals surface area contributed by atoms with Crippen molar-refractivity contribution in [2.75, 3.05) is 19.6 Å². The SMILES string of the molecule is O=C(NCCc1ccccc1)[C@@H]1CCCN(S(=O)(=O)c2ccc3[nH]c(=O)oc3c2)C1. The molecule has 1 amide bonds. The molecule has 0 radical (unpaired) electrons. The number of amides is 1. The monoisotopic (exact) mass is 429 g/mol. The second-order valence-electron chi connectivity index (χ2n) is 7.40. The molecule has 1 saturated heterocycles. The lowest BCUT2D eigenvalue weighted by Crippen LogP contribution is -2.45. The summed E-state index contributed by atoms with van der Waals surface area (Å²) >= 11 is 0. The number of benzene rings is 2. The van der Waals surface area contributed by atoms with Gasteiger partial charge in [-0.3, -0.25) is 9.78 Å². The second kappa shape index (κ2) is 8.45. The van der Waals surface area contributed by atoms with Gasteiger partial charge in [-0.25, -0.2) is 13.2 Å². The summed E-state index contributed by atoms with van der Waals surface area (Å²) in [5.74, 6) is -1.15. The number of nitrogens with zero attached hydrogens (tertiary/aromatic N) is 1. The number of nitrogens with one attached hydrogen (secondary N) is 2. The molecule has 1 atom stereocenters. The van der Waals surface area contributed by atoms with E-state index in [0.717, 1.165) is 12.0 Å². The van der Waals surface area contributed by atoms with Gasteiger partial charge in [-0.1, -0.05) is 30.3 Å². The van der Waals surface area contributed by atoms with E-state index in [4.69, 9.17) is 4.42 Å². The molecule has 0 aliphatic carbocycles. The van der Waals surface area contributed by atoms with E-state index in [1.54, 1.807) is 0 Å². The molecule has 3 aromatic rings. The van der Waals surface area contributed by atoms with Crippen LogP contribution in [0.25, 0.3) is 11.1 Å². The summed E-state index contributed by atoms with van der Waals surface area (Å²) in [6.45, 7) is 0.995. The van der Waals surface area contributed by atoms with Gasteiger partial charge in [-0.05, 0) is 37.0 Å². The van der Waals surface area contributed by atoms with Crippen molar-refractivity contribution < 1.29 is 17.6 Å². The molecular weight excluding hydrogens is 406 g/mol. The van der Waals surface area contributed by atoms with E-state index in [0.29, 0.717) is 31.4 Å². The van der Waals surface area contributed by atoms with Crippen molar-refractivity contribution >= 4 is 27.0 Å². The molecule has 9 heteroatoms. The number of H-pyrrole nitrogens is 1. The van der Waals surface area contributed by atoms with Crippen LogP contribution in [0.4, 0.5) is 0 Å². The van der Waals surface area contributed by atoms with Gasteiger partial charge in [0.2, 0.25) is 15.9 Å². The lowest BCUT2D eigenvalue weighted by Gasteiger charge is -2.31. The van der Waals surface area contributed by atoms with Crippen LogP contribution in [0.15, 0.2) is 62.6 Å². The van der Waals surface area contributed by atoms with Crippen LogP contribution in [0.3, 0.4) is 0 Å². The first kappa shape index (κ1) is 20.4. The Morgan fingerprint density at radius 3 is 2.80 bits per heavy atom. The average molecular weight is 429 g/mol. The van der Waals surface area contributed by atoms with Gasteiger partial charge in [0.05, 0.1) is 16.3 Å². The smallest absolute Gasteiger partial charge is 0.408 e. The summed E-state index contributed by atoms with van der Waals surface area (Å²) in [5.41, 5.74) is 1.76. The maximum Gasteiger partial charge on any atom is 0.417 e. The molecule has 0 unspecified atom stereocenters. The van der Waals surface area contributed by atoms with Gasteiger partial charge >= 0.3 is 5.76 Å². The van der Waals surface area contributed by atoms with Crippen LogP contribution < -0.4 is 11.1 Å². The van der Waals surface area contributed by atoms with Crippen molar-refractivity contribution in [1.82, 2.24) is 14.6 Å². The number of aromatic amines is 1. The predicted octanol–water partition coefficient (Wildman–Crippen LogP) is 1.88. The normalized spacial score (nSPS) is 17.8. The molecule has 1 aromatic heterocycles. The Morgan fingerprint density at radius 1 is 1.20 bits per heavy atom. The van der Waals surface area contributed by atoms with Crippen LogP contribution in [-0.4, -0.2) is 43.2 Å². The molecule has 4 rings (SSSR count). The Hall–Kier alpha value is -2.91. The van der Waals surface area contributed by atoms with Crippen LogP contribution in [0.5, 0.6) is 0 Å². The van der Waals surface area contributed by atoms with Crippen molar-refractivity contribution in [2.24, 2.45) is 5.92 Å². The number of carbonyl (C=O) groups is 1. The van der Waals surface area contributed by atoms with Crippen molar-refractivity contribution in [2.45, 2.75) is 24.2 Å². The number of sulfonamides is 1. The van der Waals surface area contributed by atoms with Crippen molar-refractivity contribution in [3.8, 4) is 0 Å². The molecule has 2 heterocycles. The number of rotatable bonds is 6. The molecule has 1 aliphatic heterocycles. The van der Waals surface area contributed by atoms with Gasteiger partial charge in [0.15, 0.2) is 5.58 Å². The molecule has 0 spiro atoms. The maximum absolute atomic E-state index is 13.1. The topological polar surface area (TPSA) is 112 Å². The molecular formula is C21H23N3O5S. The van der Waals surface area contributed by atoms with E-state index < -0.39 is 21.7 Å². The van der Waals surface area contributed by atoms with Crippen LogP contribution in [0.2, 0.25) is 0 Å². The average Bonchev–Trinajstić information content (AvgIpc) is 3.13. The third-order valence-corrected chi connectivity index (χ3v) is 7.20. The molecule has 158 valence electrons. The molecule has 0 saturated carbocycles. The van der Waals surface area contributed by atoms with Crippen LogP contribution in [-0.2, 0) is 21.2 Å².